The summed E-state index contributed by atoms with van der Waals surface area (Å²) in [6.07, 6.45) is 4.64. The van der Waals surface area contributed by atoms with Gasteiger partial charge in [0.05, 0.1) is 6.10 Å². The van der Waals surface area contributed by atoms with Crippen molar-refractivity contribution in [2.45, 2.75) is 71.9 Å². The van der Waals surface area contributed by atoms with Crippen LogP contribution in [0.4, 0.5) is 5.69 Å². The Labute approximate surface area is 169 Å². The van der Waals surface area contributed by atoms with Gasteiger partial charge in [0.2, 0.25) is 5.91 Å². The van der Waals surface area contributed by atoms with Gasteiger partial charge in [0.1, 0.15) is 0 Å². The summed E-state index contributed by atoms with van der Waals surface area (Å²) in [5.41, 5.74) is 2.71. The molecule has 5 nitrogen and oxygen atoms in total. The zero-order chi connectivity index (χ0) is 20.5. The molecule has 0 bridgehead atoms. The second-order valence-corrected chi connectivity index (χ2v) is 8.69. The first-order valence-electron chi connectivity index (χ1n) is 10.6. The lowest BCUT2D eigenvalue weighted by Gasteiger charge is -2.55. The van der Waals surface area contributed by atoms with E-state index in [0.29, 0.717) is 18.5 Å². The van der Waals surface area contributed by atoms with E-state index in [0.717, 1.165) is 43.5 Å². The predicted octanol–water partition coefficient (Wildman–Crippen LogP) is 4.04. The van der Waals surface area contributed by atoms with Gasteiger partial charge in [-0.1, -0.05) is 34.1 Å². The minimum atomic E-state index is -0.0424. The molecule has 2 aliphatic rings. The Morgan fingerprint density at radius 1 is 1.29 bits per heavy atom. The monoisotopic (exact) mass is 386 g/mol. The Morgan fingerprint density at radius 3 is 2.68 bits per heavy atom. The van der Waals surface area contributed by atoms with Crippen molar-refractivity contribution < 1.29 is 14.3 Å². The first-order valence-corrected chi connectivity index (χ1v) is 10.6. The highest BCUT2D eigenvalue weighted by Crippen LogP contribution is 2.46. The molecule has 1 heterocycles. The van der Waals surface area contributed by atoms with Crippen molar-refractivity contribution in [1.82, 2.24) is 4.90 Å². The molecule has 0 saturated heterocycles. The molecule has 3 rings (SSSR count). The molecule has 1 aromatic carbocycles. The quantitative estimate of drug-likeness (QED) is 0.665. The van der Waals surface area contributed by atoms with Crippen molar-refractivity contribution in [3.8, 4) is 0 Å². The molecule has 1 aromatic rings. The second kappa shape index (κ2) is 8.24. The molecule has 0 unspecified atom stereocenters. The molecule has 2 amide bonds. The zero-order valence-corrected chi connectivity index (χ0v) is 18.0. The van der Waals surface area contributed by atoms with Crippen LogP contribution in [-0.4, -0.2) is 49.1 Å². The minimum Gasteiger partial charge on any atom is -0.378 e. The van der Waals surface area contributed by atoms with Crippen LogP contribution in [0.25, 0.3) is 0 Å². The highest BCUT2D eigenvalue weighted by molar-refractivity contribution is 5.98. The largest absolute Gasteiger partial charge is 0.378 e. The summed E-state index contributed by atoms with van der Waals surface area (Å²) in [5, 5.41) is 0. The van der Waals surface area contributed by atoms with Gasteiger partial charge in [0, 0.05) is 49.3 Å². The minimum absolute atomic E-state index is 0.0424. The first-order chi connectivity index (χ1) is 13.3. The number of carbonyl (C=O) groups excluding carboxylic acids is 2. The number of nitrogens with zero attached hydrogens (tertiary/aromatic N) is 2. The fraction of sp³-hybridized carbons (Fsp3) is 0.652. The molecule has 0 aromatic heterocycles. The van der Waals surface area contributed by atoms with Crippen LogP contribution in [-0.2, 0) is 16.0 Å². The number of rotatable bonds is 7. The van der Waals surface area contributed by atoms with Crippen molar-refractivity contribution in [1.29, 1.82) is 0 Å². The lowest BCUT2D eigenvalue weighted by molar-refractivity contribution is -0.140. The lowest BCUT2D eigenvalue weighted by atomic mass is 9.63. The summed E-state index contributed by atoms with van der Waals surface area (Å²) >= 11 is 0. The Kier molecular flexibility index (Phi) is 6.13. The van der Waals surface area contributed by atoms with E-state index in [9.17, 15) is 9.59 Å². The van der Waals surface area contributed by atoms with Crippen molar-refractivity contribution in [3.63, 3.8) is 0 Å². The number of fused-ring (bicyclic) bond motifs is 1. The van der Waals surface area contributed by atoms with Gasteiger partial charge < -0.3 is 14.5 Å². The van der Waals surface area contributed by atoms with E-state index in [-0.39, 0.29) is 29.4 Å². The molecule has 0 N–H and O–H groups in total. The van der Waals surface area contributed by atoms with Gasteiger partial charge >= 0.3 is 0 Å². The summed E-state index contributed by atoms with van der Waals surface area (Å²) in [7, 11) is 1.90. The molecular weight excluding hydrogens is 352 g/mol. The Balaban J connectivity index is 1.67. The highest BCUT2D eigenvalue weighted by atomic mass is 16.5. The number of amides is 2. The molecule has 154 valence electrons. The summed E-state index contributed by atoms with van der Waals surface area (Å²) in [6.45, 7) is 9.94. The number of ether oxygens (including phenoxy) is 1. The maximum absolute atomic E-state index is 13.1. The molecule has 1 aliphatic carbocycles. The molecular formula is C23H34N2O3. The molecule has 5 heteroatoms. The van der Waals surface area contributed by atoms with Crippen molar-refractivity contribution in [3.05, 3.63) is 29.3 Å². The van der Waals surface area contributed by atoms with Crippen LogP contribution < -0.4 is 4.90 Å². The predicted molar refractivity (Wildman–Crippen MR) is 112 cm³/mol. The maximum Gasteiger partial charge on any atom is 0.253 e. The molecule has 0 radical (unpaired) electrons. The van der Waals surface area contributed by atoms with E-state index in [2.05, 4.69) is 20.8 Å². The second-order valence-electron chi connectivity index (χ2n) is 8.69. The number of hydrogen-bond acceptors (Lipinski definition) is 3. The lowest BCUT2D eigenvalue weighted by Crippen LogP contribution is -2.62. The van der Waals surface area contributed by atoms with Crippen LogP contribution in [0.15, 0.2) is 18.2 Å². The van der Waals surface area contributed by atoms with E-state index < -0.39 is 0 Å². The van der Waals surface area contributed by atoms with E-state index in [1.165, 1.54) is 0 Å². The molecule has 2 atom stereocenters. The fourth-order valence-corrected chi connectivity index (χ4v) is 4.50. The van der Waals surface area contributed by atoms with Crippen LogP contribution in [0.3, 0.4) is 0 Å². The third-order valence-corrected chi connectivity index (χ3v) is 6.56. The number of unbranched alkanes of at least 4 members (excludes halogenated alkanes) is 1. The van der Waals surface area contributed by atoms with Gasteiger partial charge in [0.25, 0.3) is 5.91 Å². The summed E-state index contributed by atoms with van der Waals surface area (Å²) in [6, 6.07) is 5.94. The Bertz CT molecular complexity index is 743. The van der Waals surface area contributed by atoms with Gasteiger partial charge in [-0.3, -0.25) is 9.59 Å². The van der Waals surface area contributed by atoms with Gasteiger partial charge in [-0.25, -0.2) is 0 Å². The first kappa shape index (κ1) is 20.8. The maximum atomic E-state index is 13.1. The normalized spacial score (nSPS) is 22.5. The van der Waals surface area contributed by atoms with E-state index in [1.54, 1.807) is 0 Å². The Morgan fingerprint density at radius 2 is 2.04 bits per heavy atom. The van der Waals surface area contributed by atoms with Crippen LogP contribution >= 0.6 is 0 Å². The fourth-order valence-electron chi connectivity index (χ4n) is 4.50. The van der Waals surface area contributed by atoms with Gasteiger partial charge in [0.15, 0.2) is 0 Å². The molecule has 1 aliphatic heterocycles. The molecule has 1 fully saturated rings. The standard InChI is InChI=1S/C23H34N2O3/c1-6-8-13-28-20-15-19(23(20,3)4)24(5)22(27)17-9-10-18-16(14-17)11-12-25(18)21(26)7-2/h9-10,14,19-20H,6-8,11-13,15H2,1-5H3/t19-,20-/m1/s1. The van der Waals surface area contributed by atoms with Crippen LogP contribution in [0.1, 0.15) is 69.3 Å². The molecule has 1 saturated carbocycles. The number of anilines is 1. The van der Waals surface area contributed by atoms with Crippen molar-refractivity contribution >= 4 is 17.5 Å². The van der Waals surface area contributed by atoms with E-state index >= 15 is 0 Å². The average molecular weight is 387 g/mol. The smallest absolute Gasteiger partial charge is 0.253 e. The van der Waals surface area contributed by atoms with Crippen molar-refractivity contribution in [2.24, 2.45) is 5.41 Å². The third-order valence-electron chi connectivity index (χ3n) is 6.56. The number of benzene rings is 1. The van der Waals surface area contributed by atoms with Crippen LogP contribution in [0, 0.1) is 5.41 Å². The van der Waals surface area contributed by atoms with Gasteiger partial charge in [-0.05, 0) is 43.0 Å². The average Bonchev–Trinajstić information content (AvgIpc) is 3.11. The van der Waals surface area contributed by atoms with Crippen LogP contribution in [0.5, 0.6) is 0 Å². The third kappa shape index (κ3) is 3.69. The van der Waals surface area contributed by atoms with Gasteiger partial charge in [-0.15, -0.1) is 0 Å². The zero-order valence-electron chi connectivity index (χ0n) is 18.0. The summed E-state index contributed by atoms with van der Waals surface area (Å²) in [4.78, 5) is 28.9. The van der Waals surface area contributed by atoms with E-state index in [4.69, 9.17) is 4.74 Å². The molecule has 28 heavy (non-hydrogen) atoms. The number of carbonyl (C=O) groups is 2. The Hall–Kier alpha value is -1.88. The number of hydrogen-bond donors (Lipinski definition) is 0. The SMILES string of the molecule is CCCCO[C@@H]1C[C@@H](N(C)C(=O)c2ccc3c(c2)CCN3C(=O)CC)C1(C)C. The molecule has 0 spiro atoms. The summed E-state index contributed by atoms with van der Waals surface area (Å²) in [5.74, 6) is 0.188. The van der Waals surface area contributed by atoms with Gasteiger partial charge in [-0.2, -0.15) is 0 Å². The highest BCUT2D eigenvalue weighted by Gasteiger charge is 2.52. The topological polar surface area (TPSA) is 49.9 Å². The van der Waals surface area contributed by atoms with Crippen molar-refractivity contribution in [2.75, 3.05) is 25.1 Å². The van der Waals surface area contributed by atoms with E-state index in [1.807, 2.05) is 42.0 Å². The summed E-state index contributed by atoms with van der Waals surface area (Å²) < 4.78 is 6.03. The van der Waals surface area contributed by atoms with Crippen LogP contribution in [0.2, 0.25) is 0 Å².